The third-order valence-corrected chi connectivity index (χ3v) is 15.1. The molecule has 3 aromatic rings. The molecule has 10 amide bonds. The quantitative estimate of drug-likeness (QED) is 0.0276. The van der Waals surface area contributed by atoms with Crippen LogP contribution >= 0.6 is 32.9 Å². The normalized spacial score (nSPS) is 21.7. The zero-order valence-electron chi connectivity index (χ0n) is 40.8. The van der Waals surface area contributed by atoms with Crippen molar-refractivity contribution in [1.82, 2.24) is 42.1 Å². The summed E-state index contributed by atoms with van der Waals surface area (Å²) in [5.74, 6) is -8.16. The Balaban J connectivity index is 1.46. The van der Waals surface area contributed by atoms with Crippen LogP contribution in [0.3, 0.4) is 0 Å². The molecule has 0 bridgehead atoms. The number of phenols is 1. The summed E-state index contributed by atoms with van der Waals surface area (Å²) in [6.07, 6.45) is -0.260. The predicted octanol–water partition coefficient (Wildman–Crippen LogP) is -2.30. The predicted molar refractivity (Wildman–Crippen MR) is 282 cm³/mol. The first-order valence-electron chi connectivity index (χ1n) is 24.0. The third-order valence-electron chi connectivity index (χ3n) is 11.8. The first kappa shape index (κ1) is 58.5. The number of hydrogen-bond donors (Lipinski definition) is 12. The number of aliphatic imine (C=N–C) groups is 1. The van der Waals surface area contributed by atoms with Gasteiger partial charge in [-0.25, -0.2) is 0 Å². The Morgan fingerprint density at radius 1 is 0.733 bits per heavy atom. The fourth-order valence-electron chi connectivity index (χ4n) is 8.07. The van der Waals surface area contributed by atoms with Crippen molar-refractivity contribution in [3.8, 4) is 5.75 Å². The summed E-state index contributed by atoms with van der Waals surface area (Å²) in [7, 11) is 2.26. The molecule has 7 atom stereocenters. The molecule has 0 aliphatic carbocycles. The molecule has 2 aromatic carbocycles. The average Bonchev–Trinajstić information content (AvgIpc) is 4.09. The van der Waals surface area contributed by atoms with Gasteiger partial charge < -0.3 is 70.2 Å². The smallest absolute Gasteiger partial charge is 0.246 e. The number of nitrogens with zero attached hydrogens (tertiary/aromatic N) is 2. The maximum Gasteiger partial charge on any atom is 0.246 e. The molecule has 27 heteroatoms. The van der Waals surface area contributed by atoms with Crippen molar-refractivity contribution in [3.05, 3.63) is 88.1 Å². The van der Waals surface area contributed by atoms with E-state index in [1.807, 2.05) is 0 Å². The Bertz CT molecular complexity index is 2520. The standard InChI is InChI=1S/C48H63N13O11S3/c49-38(63)24-35-45(70)60-36(47(72)61-18-5-11-37(61)46(71)56-31(10-4-17-53-48(51)52)41(66)54-25-39(50)64)26-75-74-20-16-40(65)55-32(22-28-12-14-29(62)15-13-28)42(67)57-33(21-27-7-2-1-3-8-27)43(68)58-34(44(69)59-35)23-30-9-6-19-73-30/h1-3,6-9,12-15,19,31-37,62H,4-5,10-11,16-18,20-26H2,(H2,49,63)(H2,50,64)(H,54,66)(H,55,65)(H,56,71)(H,57,67)(H,58,68)(H,59,69)(H,60,70)(H4,51,52,53)/t31-,32-,33-,34-,35-,36-,37-/m0/s1. The van der Waals surface area contributed by atoms with Crippen LogP contribution in [0.2, 0.25) is 0 Å². The highest BCUT2D eigenvalue weighted by Crippen LogP contribution is 2.26. The van der Waals surface area contributed by atoms with Crippen LogP contribution in [0.1, 0.15) is 54.5 Å². The first-order chi connectivity index (χ1) is 35.9. The number of likely N-dealkylation sites (tertiary alicyclic amines) is 1. The largest absolute Gasteiger partial charge is 0.508 e. The Morgan fingerprint density at radius 2 is 1.36 bits per heavy atom. The molecular formula is C48H63N13O11S3. The second-order valence-electron chi connectivity index (χ2n) is 17.6. The van der Waals surface area contributed by atoms with Gasteiger partial charge in [-0.3, -0.25) is 52.9 Å². The lowest BCUT2D eigenvalue weighted by Gasteiger charge is -2.31. The molecular weight excluding hydrogens is 1030 g/mol. The van der Waals surface area contributed by atoms with E-state index in [4.69, 9.17) is 22.9 Å². The third kappa shape index (κ3) is 19.4. The fourth-order valence-corrected chi connectivity index (χ4v) is 11.0. The number of hydrogen-bond acceptors (Lipinski definition) is 15. The summed E-state index contributed by atoms with van der Waals surface area (Å²) in [5, 5.41) is 30.2. The van der Waals surface area contributed by atoms with Crippen LogP contribution in [0, 0.1) is 0 Å². The van der Waals surface area contributed by atoms with Crippen LogP contribution in [-0.2, 0) is 67.2 Å². The van der Waals surface area contributed by atoms with Gasteiger partial charge in [-0.2, -0.15) is 0 Å². The molecule has 1 aromatic heterocycles. The first-order valence-corrected chi connectivity index (χ1v) is 27.3. The van der Waals surface area contributed by atoms with E-state index in [9.17, 15) is 53.1 Å². The summed E-state index contributed by atoms with van der Waals surface area (Å²) in [6, 6.07) is 8.87. The Kier molecular flexibility index (Phi) is 23.0. The number of rotatable bonds is 18. The fraction of sp³-hybridized carbons (Fsp3) is 0.438. The molecule has 404 valence electrons. The Morgan fingerprint density at radius 3 is 1.99 bits per heavy atom. The lowest BCUT2D eigenvalue weighted by atomic mass is 10.0. The lowest BCUT2D eigenvalue weighted by Crippen LogP contribution is -2.61. The number of carbonyl (C=O) groups excluding carboxylic acids is 10. The number of thiophene rings is 1. The van der Waals surface area contributed by atoms with E-state index < -0.39 is 114 Å². The topological polar surface area (TPSA) is 395 Å². The van der Waals surface area contributed by atoms with E-state index in [0.29, 0.717) is 22.4 Å². The highest BCUT2D eigenvalue weighted by atomic mass is 33.1. The van der Waals surface area contributed by atoms with Gasteiger partial charge in [-0.1, -0.05) is 70.1 Å². The molecule has 2 fully saturated rings. The van der Waals surface area contributed by atoms with Crippen LogP contribution in [0.25, 0.3) is 0 Å². The number of phenolic OH excluding ortho intramolecular Hbond substituents is 1. The maximum absolute atomic E-state index is 14.6. The van der Waals surface area contributed by atoms with Gasteiger partial charge in [0.2, 0.25) is 59.1 Å². The van der Waals surface area contributed by atoms with Crippen molar-refractivity contribution < 1.29 is 53.1 Å². The summed E-state index contributed by atoms with van der Waals surface area (Å²) in [6.45, 7) is -0.341. The number of nitrogens with one attached hydrogen (secondary N) is 7. The van der Waals surface area contributed by atoms with Crippen LogP contribution in [0.4, 0.5) is 0 Å². The van der Waals surface area contributed by atoms with Gasteiger partial charge in [-0.05, 0) is 60.4 Å². The monoisotopic (exact) mass is 1090 g/mol. The summed E-state index contributed by atoms with van der Waals surface area (Å²) >= 11 is 1.28. The molecule has 2 aliphatic heterocycles. The van der Waals surface area contributed by atoms with Crippen molar-refractivity contribution in [1.29, 1.82) is 0 Å². The van der Waals surface area contributed by atoms with Gasteiger partial charge in [0.25, 0.3) is 0 Å². The van der Waals surface area contributed by atoms with Crippen LogP contribution in [0.15, 0.2) is 77.1 Å². The molecule has 3 heterocycles. The van der Waals surface area contributed by atoms with Crippen molar-refractivity contribution >= 4 is 98.0 Å². The van der Waals surface area contributed by atoms with Crippen LogP contribution < -0.4 is 60.2 Å². The number of guanidine groups is 1. The van der Waals surface area contributed by atoms with E-state index in [1.54, 1.807) is 60.0 Å². The van der Waals surface area contributed by atoms with E-state index in [0.717, 1.165) is 21.6 Å². The second-order valence-corrected chi connectivity index (χ2v) is 21.3. The molecule has 75 heavy (non-hydrogen) atoms. The van der Waals surface area contributed by atoms with Gasteiger partial charge in [0, 0.05) is 55.2 Å². The molecule has 2 saturated heterocycles. The number of amides is 10. The summed E-state index contributed by atoms with van der Waals surface area (Å²) in [5.41, 5.74) is 22.9. The molecule has 5 rings (SSSR count). The second kappa shape index (κ2) is 29.5. The molecule has 16 N–H and O–H groups in total. The van der Waals surface area contributed by atoms with Gasteiger partial charge >= 0.3 is 0 Å². The maximum atomic E-state index is 14.6. The van der Waals surface area contributed by atoms with E-state index in [1.165, 1.54) is 28.4 Å². The lowest BCUT2D eigenvalue weighted by molar-refractivity contribution is -0.142. The average molecular weight is 1090 g/mol. The van der Waals surface area contributed by atoms with Gasteiger partial charge in [0.15, 0.2) is 5.96 Å². The zero-order chi connectivity index (χ0) is 54.4. The number of nitrogens with two attached hydrogens (primary N) is 4. The van der Waals surface area contributed by atoms with E-state index in [2.05, 4.69) is 42.2 Å². The molecule has 0 saturated carbocycles. The molecule has 0 radical (unpaired) electrons. The molecule has 0 unspecified atom stereocenters. The van der Waals surface area contributed by atoms with Crippen molar-refractivity contribution in [3.63, 3.8) is 0 Å². The van der Waals surface area contributed by atoms with Crippen LogP contribution in [0.5, 0.6) is 5.75 Å². The van der Waals surface area contributed by atoms with E-state index >= 15 is 0 Å². The van der Waals surface area contributed by atoms with Crippen molar-refractivity contribution in [2.75, 3.05) is 31.1 Å². The van der Waals surface area contributed by atoms with Gasteiger partial charge in [-0.15, -0.1) is 11.3 Å². The van der Waals surface area contributed by atoms with Gasteiger partial charge in [0.1, 0.15) is 48.0 Å². The summed E-state index contributed by atoms with van der Waals surface area (Å²) in [4.78, 5) is 143. The van der Waals surface area contributed by atoms with E-state index in [-0.39, 0.29) is 81.3 Å². The van der Waals surface area contributed by atoms with Crippen molar-refractivity contribution in [2.24, 2.45) is 27.9 Å². The Hall–Kier alpha value is -7.39. The SMILES string of the molecule is NC(=O)CNC(=O)[C@H](CCCN=C(N)N)NC(=O)[C@@H]1CCCN1C(=O)[C@@H]1CSSCCC(=O)N[C@@H](Cc2ccc(O)cc2)C(=O)N[C@@H](Cc2ccccc2)C(=O)N[C@@H](Cc2cccs2)C(=O)N[C@@H](CC(N)=O)C(=O)N1. The molecule has 2 aliphatic rings. The number of primary amides is 2. The zero-order valence-corrected chi connectivity index (χ0v) is 43.3. The van der Waals surface area contributed by atoms with Crippen LogP contribution in [-0.4, -0.2) is 148 Å². The highest BCUT2D eigenvalue weighted by molar-refractivity contribution is 8.76. The Labute approximate surface area is 444 Å². The minimum atomic E-state index is -1.68. The summed E-state index contributed by atoms with van der Waals surface area (Å²) < 4.78 is 0. The number of aromatic hydroxyl groups is 1. The minimum absolute atomic E-state index is 0.0174. The number of carbonyl (C=O) groups is 10. The molecule has 24 nitrogen and oxygen atoms in total. The van der Waals surface area contributed by atoms with Crippen molar-refractivity contribution in [2.45, 2.75) is 100 Å². The molecule has 0 spiro atoms. The van der Waals surface area contributed by atoms with Gasteiger partial charge in [0.05, 0.1) is 13.0 Å². The highest BCUT2D eigenvalue weighted by Gasteiger charge is 2.40. The number of benzene rings is 2. The minimum Gasteiger partial charge on any atom is -0.508 e.